The Morgan fingerprint density at radius 1 is 1.10 bits per heavy atom. The molecule has 2 heterocycles. The molecule has 1 N–H and O–H groups in total. The summed E-state index contributed by atoms with van der Waals surface area (Å²) in [6.07, 6.45) is 0.970. The maximum atomic E-state index is 13.2. The number of fused-ring (bicyclic) bond motifs is 1. The van der Waals surface area contributed by atoms with Crippen LogP contribution in [0, 0.1) is 5.92 Å². The Labute approximate surface area is 185 Å². The van der Waals surface area contributed by atoms with Crippen LogP contribution in [0.1, 0.15) is 35.9 Å². The van der Waals surface area contributed by atoms with Gasteiger partial charge in [-0.3, -0.25) is 4.57 Å². The third-order valence-electron chi connectivity index (χ3n) is 5.13. The van der Waals surface area contributed by atoms with Crippen molar-refractivity contribution in [1.82, 2.24) is 9.29 Å². The number of hydrogen-bond acceptors (Lipinski definition) is 5. The number of hydrogen-bond donors (Lipinski definition) is 1. The van der Waals surface area contributed by atoms with Crippen LogP contribution >= 0.6 is 11.3 Å². The lowest BCUT2D eigenvalue weighted by Crippen LogP contribution is -2.29. The number of sulfonamides is 1. The van der Waals surface area contributed by atoms with Gasteiger partial charge in [-0.1, -0.05) is 44.2 Å². The van der Waals surface area contributed by atoms with Crippen molar-refractivity contribution in [2.24, 2.45) is 13.0 Å². The zero-order valence-electron chi connectivity index (χ0n) is 17.5. The molecule has 0 bridgehead atoms. The molecule has 0 spiro atoms. The van der Waals surface area contributed by atoms with E-state index < -0.39 is 21.8 Å². The van der Waals surface area contributed by atoms with Crippen molar-refractivity contribution < 1.29 is 12.8 Å². The molecule has 162 valence electrons. The Morgan fingerprint density at radius 2 is 1.84 bits per heavy atom. The van der Waals surface area contributed by atoms with Gasteiger partial charge in [0.15, 0.2) is 5.58 Å². The molecule has 6 nitrogen and oxygen atoms in total. The fourth-order valence-corrected chi connectivity index (χ4v) is 5.66. The van der Waals surface area contributed by atoms with Gasteiger partial charge in [-0.15, -0.1) is 11.3 Å². The van der Waals surface area contributed by atoms with E-state index in [2.05, 4.69) is 30.7 Å². The Kier molecular flexibility index (Phi) is 5.88. The van der Waals surface area contributed by atoms with Gasteiger partial charge in [0, 0.05) is 18.0 Å². The zero-order chi connectivity index (χ0) is 22.2. The molecule has 4 aromatic rings. The second-order valence-corrected chi connectivity index (χ2v) is 10.7. The lowest BCUT2D eigenvalue weighted by molar-refractivity contribution is 0.527. The Hall–Kier alpha value is -2.68. The van der Waals surface area contributed by atoms with Crippen LogP contribution in [0.15, 0.2) is 74.1 Å². The monoisotopic (exact) mass is 456 g/mol. The number of benzene rings is 2. The van der Waals surface area contributed by atoms with Gasteiger partial charge in [0.05, 0.1) is 16.5 Å². The first-order valence-corrected chi connectivity index (χ1v) is 12.3. The highest BCUT2D eigenvalue weighted by Crippen LogP contribution is 2.29. The molecule has 2 aromatic heterocycles. The smallest absolute Gasteiger partial charge is 0.408 e. The molecule has 0 saturated heterocycles. The molecule has 31 heavy (non-hydrogen) atoms. The molecule has 0 fully saturated rings. The Balaban J connectivity index is 1.69. The lowest BCUT2D eigenvalue weighted by Gasteiger charge is -2.19. The number of aromatic nitrogens is 1. The highest BCUT2D eigenvalue weighted by molar-refractivity contribution is 7.89. The van der Waals surface area contributed by atoms with Gasteiger partial charge in [0.25, 0.3) is 0 Å². The summed E-state index contributed by atoms with van der Waals surface area (Å²) < 4.78 is 35.8. The van der Waals surface area contributed by atoms with Gasteiger partial charge in [-0.05, 0) is 47.0 Å². The van der Waals surface area contributed by atoms with E-state index in [0.29, 0.717) is 11.4 Å². The SMILES string of the molecule is CC(C)Cc1ccc([C@H](NS(=O)(=O)c2ccc3c(c2)oc(=O)n3C)c2cccs2)cc1. The number of oxazole rings is 1. The van der Waals surface area contributed by atoms with Crippen LogP contribution in [-0.4, -0.2) is 13.0 Å². The molecule has 2 aromatic carbocycles. The summed E-state index contributed by atoms with van der Waals surface area (Å²) in [5, 5.41) is 1.93. The number of nitrogens with zero attached hydrogens (tertiary/aromatic N) is 1. The number of thiophene rings is 1. The topological polar surface area (TPSA) is 81.3 Å². The number of rotatable bonds is 7. The summed E-state index contributed by atoms with van der Waals surface area (Å²) in [6, 6.07) is 15.8. The normalized spacial score (nSPS) is 13.2. The summed E-state index contributed by atoms with van der Waals surface area (Å²) in [5.74, 6) is 0.0147. The van der Waals surface area contributed by atoms with Gasteiger partial charge in [0.2, 0.25) is 10.0 Å². The summed E-state index contributed by atoms with van der Waals surface area (Å²) in [7, 11) is -2.29. The van der Waals surface area contributed by atoms with Gasteiger partial charge in [-0.25, -0.2) is 13.2 Å². The first kappa shape index (κ1) is 21.5. The number of nitrogens with one attached hydrogen (secondary N) is 1. The predicted octanol–water partition coefficient (Wildman–Crippen LogP) is 4.46. The molecule has 0 aliphatic rings. The van der Waals surface area contributed by atoms with Crippen LogP contribution in [0.25, 0.3) is 11.1 Å². The first-order valence-electron chi connectivity index (χ1n) is 9.99. The summed E-state index contributed by atoms with van der Waals surface area (Å²) >= 11 is 1.49. The molecule has 1 atom stereocenters. The fourth-order valence-electron chi connectivity index (χ4n) is 3.57. The highest BCUT2D eigenvalue weighted by Gasteiger charge is 2.24. The average molecular weight is 457 g/mol. The standard InChI is InChI=1S/C23H24N2O4S2/c1-15(2)13-16-6-8-17(9-7-16)22(21-5-4-12-30-21)24-31(27,28)18-10-11-19-20(14-18)29-23(26)25(19)3/h4-12,14-15,22,24H,13H2,1-3H3/t22-/m0/s1. The second kappa shape index (κ2) is 8.45. The third kappa shape index (κ3) is 4.51. The molecular weight excluding hydrogens is 432 g/mol. The van der Waals surface area contributed by atoms with Crippen molar-refractivity contribution in [3.63, 3.8) is 0 Å². The van der Waals surface area contributed by atoms with Crippen LogP contribution in [0.4, 0.5) is 0 Å². The molecule has 8 heteroatoms. The molecule has 0 amide bonds. The summed E-state index contributed by atoms with van der Waals surface area (Å²) in [6.45, 7) is 4.34. The first-order chi connectivity index (χ1) is 14.7. The van der Waals surface area contributed by atoms with Gasteiger partial charge in [-0.2, -0.15) is 4.72 Å². The Bertz CT molecular complexity index is 1350. The van der Waals surface area contributed by atoms with E-state index in [4.69, 9.17) is 4.42 Å². The number of aryl methyl sites for hydroxylation is 1. The van der Waals surface area contributed by atoms with E-state index in [0.717, 1.165) is 16.9 Å². The predicted molar refractivity (Wildman–Crippen MR) is 123 cm³/mol. The van der Waals surface area contributed by atoms with Gasteiger partial charge >= 0.3 is 5.76 Å². The average Bonchev–Trinajstić information content (AvgIpc) is 3.35. The lowest BCUT2D eigenvalue weighted by atomic mass is 9.99. The van der Waals surface area contributed by atoms with Gasteiger partial charge in [0.1, 0.15) is 0 Å². The Morgan fingerprint density at radius 3 is 2.48 bits per heavy atom. The zero-order valence-corrected chi connectivity index (χ0v) is 19.2. The molecule has 0 aliphatic heterocycles. The van der Waals surface area contributed by atoms with E-state index >= 15 is 0 Å². The maximum absolute atomic E-state index is 13.2. The largest absolute Gasteiger partial charge is 0.419 e. The molecule has 0 saturated carbocycles. The van der Waals surface area contributed by atoms with E-state index in [-0.39, 0.29) is 10.5 Å². The molecule has 0 aliphatic carbocycles. The van der Waals surface area contributed by atoms with E-state index in [1.807, 2.05) is 29.6 Å². The molecular formula is C23H24N2O4S2. The molecule has 0 radical (unpaired) electrons. The van der Waals surface area contributed by atoms with Crippen LogP contribution in [-0.2, 0) is 23.5 Å². The minimum Gasteiger partial charge on any atom is -0.408 e. The van der Waals surface area contributed by atoms with Crippen molar-refractivity contribution in [2.45, 2.75) is 31.2 Å². The van der Waals surface area contributed by atoms with Crippen molar-refractivity contribution in [2.75, 3.05) is 0 Å². The van der Waals surface area contributed by atoms with Crippen molar-refractivity contribution in [1.29, 1.82) is 0 Å². The van der Waals surface area contributed by atoms with E-state index in [1.54, 1.807) is 13.1 Å². The van der Waals surface area contributed by atoms with E-state index in [9.17, 15) is 13.2 Å². The molecule has 0 unspecified atom stereocenters. The van der Waals surface area contributed by atoms with Crippen LogP contribution in [0.3, 0.4) is 0 Å². The van der Waals surface area contributed by atoms with Crippen molar-refractivity contribution in [3.05, 3.63) is 86.5 Å². The molecule has 4 rings (SSSR count). The van der Waals surface area contributed by atoms with Crippen LogP contribution in [0.5, 0.6) is 0 Å². The second-order valence-electron chi connectivity index (χ2n) is 7.97. The maximum Gasteiger partial charge on any atom is 0.419 e. The van der Waals surface area contributed by atoms with Crippen molar-refractivity contribution >= 4 is 32.5 Å². The quantitative estimate of drug-likeness (QED) is 0.445. The summed E-state index contributed by atoms with van der Waals surface area (Å²) in [4.78, 5) is 12.7. The summed E-state index contributed by atoms with van der Waals surface area (Å²) in [5.41, 5.74) is 2.86. The van der Waals surface area contributed by atoms with Gasteiger partial charge < -0.3 is 4.42 Å². The highest BCUT2D eigenvalue weighted by atomic mass is 32.2. The minimum absolute atomic E-state index is 0.0485. The third-order valence-corrected chi connectivity index (χ3v) is 7.49. The fraction of sp³-hybridized carbons (Fsp3) is 0.261. The minimum atomic E-state index is -3.87. The van der Waals surface area contributed by atoms with Crippen LogP contribution < -0.4 is 10.5 Å². The van der Waals surface area contributed by atoms with E-state index in [1.165, 1.54) is 33.6 Å². The van der Waals surface area contributed by atoms with Crippen LogP contribution in [0.2, 0.25) is 0 Å². The van der Waals surface area contributed by atoms with Crippen molar-refractivity contribution in [3.8, 4) is 0 Å².